The number of hydrogen-bond donors (Lipinski definition) is 2. The lowest BCUT2D eigenvalue weighted by molar-refractivity contribution is 0.0945. The molecule has 0 unspecified atom stereocenters. The van der Waals surface area contributed by atoms with Gasteiger partial charge < -0.3 is 19.6 Å². The van der Waals surface area contributed by atoms with Crippen LogP contribution in [0.3, 0.4) is 0 Å². The van der Waals surface area contributed by atoms with Crippen molar-refractivity contribution in [1.29, 1.82) is 0 Å². The van der Waals surface area contributed by atoms with Crippen LogP contribution in [0.1, 0.15) is 23.7 Å². The number of ether oxygens (including phenoxy) is 1. The predicted octanol–water partition coefficient (Wildman–Crippen LogP) is 0.476. The van der Waals surface area contributed by atoms with Gasteiger partial charge in [-0.25, -0.2) is 0 Å². The van der Waals surface area contributed by atoms with Crippen molar-refractivity contribution in [2.45, 2.75) is 19.9 Å². The number of H-pyrrole nitrogens is 1. The Balaban J connectivity index is 1.87. The number of rotatable bonds is 4. The molecule has 1 saturated heterocycles. The first kappa shape index (κ1) is 15.5. The van der Waals surface area contributed by atoms with Gasteiger partial charge in [-0.3, -0.25) is 14.4 Å². The van der Waals surface area contributed by atoms with Crippen LogP contribution in [-0.2, 0) is 11.3 Å². The summed E-state index contributed by atoms with van der Waals surface area (Å²) in [4.78, 5) is 38.3. The molecule has 2 aromatic rings. The van der Waals surface area contributed by atoms with Crippen molar-refractivity contribution in [3.63, 3.8) is 0 Å². The van der Waals surface area contributed by atoms with Crippen LogP contribution < -0.4 is 16.4 Å². The maximum atomic E-state index is 12.2. The fourth-order valence-electron chi connectivity index (χ4n) is 2.82. The van der Waals surface area contributed by atoms with E-state index in [9.17, 15) is 14.4 Å². The summed E-state index contributed by atoms with van der Waals surface area (Å²) in [5.74, 6) is 0.151. The summed E-state index contributed by atoms with van der Waals surface area (Å²) in [6, 6.07) is 4.94. The highest BCUT2D eigenvalue weighted by Gasteiger charge is 2.17. The Morgan fingerprint density at radius 3 is 2.96 bits per heavy atom. The number of aromatic amines is 1. The molecule has 0 saturated carbocycles. The lowest BCUT2D eigenvalue weighted by atomic mass is 10.1. The second-order valence-corrected chi connectivity index (χ2v) is 5.68. The van der Waals surface area contributed by atoms with E-state index in [1.54, 1.807) is 25.1 Å². The molecule has 1 aliphatic heterocycles. The van der Waals surface area contributed by atoms with Crippen molar-refractivity contribution < 1.29 is 9.53 Å². The van der Waals surface area contributed by atoms with Gasteiger partial charge in [-0.1, -0.05) is 0 Å². The summed E-state index contributed by atoms with van der Waals surface area (Å²) in [6.07, 6.45) is 0.952. The van der Waals surface area contributed by atoms with Crippen molar-refractivity contribution >= 4 is 16.9 Å². The summed E-state index contributed by atoms with van der Waals surface area (Å²) in [5.41, 5.74) is 0.276. The van der Waals surface area contributed by atoms with E-state index in [2.05, 4.69) is 10.3 Å². The number of aromatic nitrogens is 2. The number of nitrogens with zero attached hydrogens (tertiary/aromatic N) is 1. The average molecular weight is 317 g/mol. The van der Waals surface area contributed by atoms with Crippen LogP contribution in [0.4, 0.5) is 0 Å². The quantitative estimate of drug-likeness (QED) is 0.802. The molecule has 2 N–H and O–H groups in total. The Morgan fingerprint density at radius 2 is 2.26 bits per heavy atom. The molecule has 0 spiro atoms. The standard InChI is InChI=1S/C16H19N3O4/c1-2-19-13-4-3-11(7-12(13)18-15(21)16(19)22)14(20)17-8-10-5-6-23-9-10/h3-4,7,10H,2,5-6,8-9H2,1H3,(H,17,20)(H,18,21)/t10-/m1/s1. The van der Waals surface area contributed by atoms with Crippen LogP contribution in [-0.4, -0.2) is 35.2 Å². The lowest BCUT2D eigenvalue weighted by Gasteiger charge is -2.11. The Morgan fingerprint density at radius 1 is 1.43 bits per heavy atom. The van der Waals surface area contributed by atoms with E-state index >= 15 is 0 Å². The number of fused-ring (bicyclic) bond motifs is 1. The topological polar surface area (TPSA) is 93.2 Å². The van der Waals surface area contributed by atoms with E-state index in [0.29, 0.717) is 42.2 Å². The number of carbonyl (C=O) groups is 1. The molecule has 1 aromatic heterocycles. The van der Waals surface area contributed by atoms with E-state index < -0.39 is 11.1 Å². The number of amides is 1. The largest absolute Gasteiger partial charge is 0.381 e. The van der Waals surface area contributed by atoms with Gasteiger partial charge >= 0.3 is 11.1 Å². The van der Waals surface area contributed by atoms with E-state index in [4.69, 9.17) is 4.74 Å². The first-order chi connectivity index (χ1) is 11.1. The molecule has 1 fully saturated rings. The Hall–Kier alpha value is -2.41. The van der Waals surface area contributed by atoms with Gasteiger partial charge in [0, 0.05) is 31.2 Å². The molecule has 1 aliphatic rings. The molecule has 7 nitrogen and oxygen atoms in total. The molecule has 0 bridgehead atoms. The summed E-state index contributed by atoms with van der Waals surface area (Å²) in [5, 5.41) is 2.88. The minimum atomic E-state index is -0.681. The monoisotopic (exact) mass is 317 g/mol. The SMILES string of the molecule is CCn1c(=O)c(=O)[nH]c2cc(C(=O)NC[C@H]3CCOC3)ccc21. The minimum Gasteiger partial charge on any atom is -0.381 e. The molecule has 7 heteroatoms. The van der Waals surface area contributed by atoms with Gasteiger partial charge in [0.05, 0.1) is 17.6 Å². The van der Waals surface area contributed by atoms with Gasteiger partial charge in [0.25, 0.3) is 5.91 Å². The van der Waals surface area contributed by atoms with Crippen molar-refractivity contribution in [2.75, 3.05) is 19.8 Å². The molecule has 1 aromatic carbocycles. The third-order valence-electron chi connectivity index (χ3n) is 4.13. The van der Waals surface area contributed by atoms with Gasteiger partial charge in [-0.05, 0) is 31.5 Å². The number of aryl methyl sites for hydroxylation is 1. The van der Waals surface area contributed by atoms with Crippen LogP contribution in [0.25, 0.3) is 11.0 Å². The zero-order valence-electron chi connectivity index (χ0n) is 12.9. The van der Waals surface area contributed by atoms with Crippen molar-refractivity contribution in [1.82, 2.24) is 14.9 Å². The van der Waals surface area contributed by atoms with Gasteiger partial charge in [0.15, 0.2) is 0 Å². The van der Waals surface area contributed by atoms with Gasteiger partial charge in [-0.2, -0.15) is 0 Å². The van der Waals surface area contributed by atoms with Crippen LogP contribution >= 0.6 is 0 Å². The van der Waals surface area contributed by atoms with E-state index in [0.717, 1.165) is 13.0 Å². The van der Waals surface area contributed by atoms with Crippen LogP contribution in [0, 0.1) is 5.92 Å². The molecule has 122 valence electrons. The fourth-order valence-corrected chi connectivity index (χ4v) is 2.82. The third-order valence-corrected chi connectivity index (χ3v) is 4.13. The lowest BCUT2D eigenvalue weighted by Crippen LogP contribution is -2.36. The second kappa shape index (κ2) is 6.37. The minimum absolute atomic E-state index is 0.200. The van der Waals surface area contributed by atoms with Gasteiger partial charge in [0.2, 0.25) is 0 Å². The molecule has 1 amide bonds. The molecule has 1 atom stereocenters. The molecule has 0 radical (unpaired) electrons. The predicted molar refractivity (Wildman–Crippen MR) is 85.8 cm³/mol. The van der Waals surface area contributed by atoms with Crippen molar-refractivity contribution in [2.24, 2.45) is 5.92 Å². The molecule has 23 heavy (non-hydrogen) atoms. The van der Waals surface area contributed by atoms with Crippen LogP contribution in [0.15, 0.2) is 27.8 Å². The van der Waals surface area contributed by atoms with Crippen LogP contribution in [0.5, 0.6) is 0 Å². The summed E-state index contributed by atoms with van der Waals surface area (Å²) >= 11 is 0. The number of carbonyl (C=O) groups excluding carboxylic acids is 1. The highest BCUT2D eigenvalue weighted by molar-refractivity contribution is 5.97. The summed E-state index contributed by atoms with van der Waals surface area (Å²) < 4.78 is 6.67. The number of benzene rings is 1. The summed E-state index contributed by atoms with van der Waals surface area (Å²) in [6.45, 7) is 4.18. The molecule has 0 aliphatic carbocycles. The highest BCUT2D eigenvalue weighted by Crippen LogP contribution is 2.13. The fraction of sp³-hybridized carbons (Fsp3) is 0.438. The number of hydrogen-bond acceptors (Lipinski definition) is 4. The Kier molecular flexibility index (Phi) is 4.29. The van der Waals surface area contributed by atoms with Gasteiger partial charge in [-0.15, -0.1) is 0 Å². The maximum Gasteiger partial charge on any atom is 0.316 e. The van der Waals surface area contributed by atoms with E-state index in [-0.39, 0.29) is 5.91 Å². The first-order valence-electron chi connectivity index (χ1n) is 7.73. The van der Waals surface area contributed by atoms with E-state index in [1.807, 2.05) is 0 Å². The molecular formula is C16H19N3O4. The Labute approximate surface area is 132 Å². The van der Waals surface area contributed by atoms with Gasteiger partial charge in [0.1, 0.15) is 0 Å². The number of nitrogens with one attached hydrogen (secondary N) is 2. The third kappa shape index (κ3) is 3.05. The highest BCUT2D eigenvalue weighted by atomic mass is 16.5. The van der Waals surface area contributed by atoms with E-state index in [1.165, 1.54) is 4.57 Å². The first-order valence-corrected chi connectivity index (χ1v) is 7.73. The Bertz CT molecular complexity index is 847. The summed E-state index contributed by atoms with van der Waals surface area (Å²) in [7, 11) is 0. The zero-order chi connectivity index (χ0) is 16.4. The molecule has 2 heterocycles. The maximum absolute atomic E-state index is 12.2. The smallest absolute Gasteiger partial charge is 0.316 e. The normalized spacial score (nSPS) is 17.5. The molecular weight excluding hydrogens is 298 g/mol. The second-order valence-electron chi connectivity index (χ2n) is 5.68. The van der Waals surface area contributed by atoms with Crippen molar-refractivity contribution in [3.8, 4) is 0 Å². The zero-order valence-corrected chi connectivity index (χ0v) is 12.9. The van der Waals surface area contributed by atoms with Crippen molar-refractivity contribution in [3.05, 3.63) is 44.5 Å². The molecule has 3 rings (SSSR count). The van der Waals surface area contributed by atoms with Crippen LogP contribution in [0.2, 0.25) is 0 Å². The average Bonchev–Trinajstić information content (AvgIpc) is 3.07.